The Balaban J connectivity index is 1.53. The highest BCUT2D eigenvalue weighted by atomic mass is 32.2. The van der Waals surface area contributed by atoms with E-state index in [2.05, 4.69) is 10.2 Å². The summed E-state index contributed by atoms with van der Waals surface area (Å²) in [5.41, 5.74) is 10.7. The van der Waals surface area contributed by atoms with Gasteiger partial charge in [0.15, 0.2) is 11.4 Å². The number of hydrogen-bond acceptors (Lipinski definition) is 7. The first-order valence-corrected chi connectivity index (χ1v) is 13.7. The summed E-state index contributed by atoms with van der Waals surface area (Å²) in [5, 5.41) is 8.92. The van der Waals surface area contributed by atoms with E-state index in [9.17, 15) is 13.2 Å². The normalized spacial score (nSPS) is 18.7. The molecule has 0 atom stereocenters. The van der Waals surface area contributed by atoms with Gasteiger partial charge in [0.25, 0.3) is 0 Å². The van der Waals surface area contributed by atoms with Crippen molar-refractivity contribution in [3.63, 3.8) is 0 Å². The first-order valence-electron chi connectivity index (χ1n) is 11.7. The SMILES string of the molecule is CC(=O)c1c(C2CCC(CS(C)(=O)=O)CC2)nc2c(-c3cnn(-c4ccccc4)c3)cnn2c1N. The third-order valence-electron chi connectivity index (χ3n) is 6.75. The van der Waals surface area contributed by atoms with Crippen molar-refractivity contribution in [2.45, 2.75) is 38.5 Å². The third kappa shape index (κ3) is 4.58. The summed E-state index contributed by atoms with van der Waals surface area (Å²) in [6.45, 7) is 1.49. The Morgan fingerprint density at radius 2 is 1.80 bits per heavy atom. The zero-order valence-corrected chi connectivity index (χ0v) is 20.6. The number of nitrogen functional groups attached to an aromatic ring is 1. The summed E-state index contributed by atoms with van der Waals surface area (Å²) >= 11 is 0. The Hall–Kier alpha value is -3.53. The van der Waals surface area contributed by atoms with Crippen molar-refractivity contribution in [1.29, 1.82) is 0 Å². The third-order valence-corrected chi connectivity index (χ3v) is 7.83. The number of carbonyl (C=O) groups excluding carboxylic acids is 1. The summed E-state index contributed by atoms with van der Waals surface area (Å²) in [5.74, 6) is 0.493. The maximum Gasteiger partial charge on any atom is 0.165 e. The predicted octanol–water partition coefficient (Wildman–Crippen LogP) is 3.69. The molecule has 0 amide bonds. The van der Waals surface area contributed by atoms with E-state index in [1.807, 2.05) is 36.5 Å². The van der Waals surface area contributed by atoms with E-state index in [0.717, 1.165) is 42.5 Å². The zero-order valence-electron chi connectivity index (χ0n) is 19.8. The van der Waals surface area contributed by atoms with Crippen molar-refractivity contribution in [3.05, 3.63) is 60.2 Å². The number of hydrogen-bond donors (Lipinski definition) is 1. The molecule has 0 spiro atoms. The van der Waals surface area contributed by atoms with Gasteiger partial charge in [-0.15, -0.1) is 0 Å². The van der Waals surface area contributed by atoms with Crippen LogP contribution in [0.5, 0.6) is 0 Å². The lowest BCUT2D eigenvalue weighted by Gasteiger charge is -2.29. The molecule has 1 fully saturated rings. The second kappa shape index (κ2) is 8.92. The summed E-state index contributed by atoms with van der Waals surface area (Å²) in [6, 6.07) is 9.80. The fourth-order valence-corrected chi connectivity index (χ4v) is 6.30. The van der Waals surface area contributed by atoms with Crippen LogP contribution in [0.15, 0.2) is 48.9 Å². The van der Waals surface area contributed by atoms with E-state index in [1.54, 1.807) is 17.1 Å². The van der Waals surface area contributed by atoms with Crippen LogP contribution >= 0.6 is 0 Å². The lowest BCUT2D eigenvalue weighted by Crippen LogP contribution is -2.23. The minimum Gasteiger partial charge on any atom is -0.383 e. The van der Waals surface area contributed by atoms with Gasteiger partial charge in [-0.1, -0.05) is 18.2 Å². The highest BCUT2D eigenvalue weighted by molar-refractivity contribution is 7.90. The lowest BCUT2D eigenvalue weighted by atomic mass is 9.79. The van der Waals surface area contributed by atoms with Crippen molar-refractivity contribution >= 4 is 27.1 Å². The molecule has 0 aliphatic heterocycles. The number of rotatable bonds is 6. The molecule has 182 valence electrons. The zero-order chi connectivity index (χ0) is 24.7. The van der Waals surface area contributed by atoms with Gasteiger partial charge < -0.3 is 5.73 Å². The van der Waals surface area contributed by atoms with Gasteiger partial charge in [-0.3, -0.25) is 4.79 Å². The molecule has 2 N–H and O–H groups in total. The van der Waals surface area contributed by atoms with Gasteiger partial charge >= 0.3 is 0 Å². The fraction of sp³-hybridized carbons (Fsp3) is 0.360. The molecule has 0 saturated heterocycles. The van der Waals surface area contributed by atoms with Gasteiger partial charge in [0.1, 0.15) is 15.7 Å². The maximum absolute atomic E-state index is 12.6. The van der Waals surface area contributed by atoms with E-state index in [1.165, 1.54) is 17.7 Å². The summed E-state index contributed by atoms with van der Waals surface area (Å²) in [4.78, 5) is 17.6. The Kier molecular flexibility index (Phi) is 5.92. The average Bonchev–Trinajstić information content (AvgIpc) is 3.46. The molecule has 4 aromatic rings. The minimum absolute atomic E-state index is 0.0341. The van der Waals surface area contributed by atoms with Gasteiger partial charge in [0.2, 0.25) is 0 Å². The molecule has 9 nitrogen and oxygen atoms in total. The molecular formula is C25H28N6O3S. The van der Waals surface area contributed by atoms with Crippen molar-refractivity contribution < 1.29 is 13.2 Å². The van der Waals surface area contributed by atoms with E-state index in [0.29, 0.717) is 16.9 Å². The Morgan fingerprint density at radius 1 is 1.09 bits per heavy atom. The second-order valence-electron chi connectivity index (χ2n) is 9.43. The average molecular weight is 493 g/mol. The number of aromatic nitrogens is 5. The largest absolute Gasteiger partial charge is 0.383 e. The number of nitrogens with zero attached hydrogens (tertiary/aromatic N) is 5. The van der Waals surface area contributed by atoms with Crippen LogP contribution in [-0.2, 0) is 9.84 Å². The quantitative estimate of drug-likeness (QED) is 0.407. The summed E-state index contributed by atoms with van der Waals surface area (Å²) in [7, 11) is -3.02. The topological polar surface area (TPSA) is 125 Å². The van der Waals surface area contributed by atoms with Gasteiger partial charge in [-0.25, -0.2) is 18.1 Å². The van der Waals surface area contributed by atoms with Crippen LogP contribution in [0.25, 0.3) is 22.5 Å². The van der Waals surface area contributed by atoms with Gasteiger partial charge in [0, 0.05) is 29.5 Å². The monoisotopic (exact) mass is 492 g/mol. The standard InChI is InChI=1S/C25H28N6O3S/c1-16(32)22-23(18-10-8-17(9-11-18)15-35(2,33)34)29-25-21(13-28-31(25)24(22)26)19-12-27-30(14-19)20-6-4-3-5-7-20/h3-7,12-14,17-18H,8-11,15,26H2,1-2H3. The van der Waals surface area contributed by atoms with E-state index in [4.69, 9.17) is 10.7 Å². The number of carbonyl (C=O) groups is 1. The molecular weight excluding hydrogens is 464 g/mol. The van der Waals surface area contributed by atoms with Crippen LogP contribution in [0.1, 0.15) is 54.6 Å². The highest BCUT2D eigenvalue weighted by Gasteiger charge is 2.30. The van der Waals surface area contributed by atoms with Gasteiger partial charge in [-0.05, 0) is 50.7 Å². The van der Waals surface area contributed by atoms with Crippen LogP contribution in [0.2, 0.25) is 0 Å². The van der Waals surface area contributed by atoms with Crippen LogP contribution in [0.3, 0.4) is 0 Å². The van der Waals surface area contributed by atoms with Crippen LogP contribution < -0.4 is 5.73 Å². The Labute approximate surface area is 203 Å². The van der Waals surface area contributed by atoms with Gasteiger partial charge in [-0.2, -0.15) is 14.7 Å². The minimum atomic E-state index is -3.02. The molecule has 0 unspecified atom stereocenters. The first-order chi connectivity index (χ1) is 16.7. The number of fused-ring (bicyclic) bond motifs is 1. The molecule has 1 saturated carbocycles. The number of Topliss-reactive ketones (excluding diaryl/α,β-unsaturated/α-hetero) is 1. The molecule has 1 aliphatic carbocycles. The van der Waals surface area contributed by atoms with Crippen LogP contribution in [0.4, 0.5) is 5.82 Å². The molecule has 0 radical (unpaired) electrons. The van der Waals surface area contributed by atoms with Crippen molar-refractivity contribution in [3.8, 4) is 16.8 Å². The summed E-state index contributed by atoms with van der Waals surface area (Å²) < 4.78 is 26.8. The van der Waals surface area contributed by atoms with E-state index < -0.39 is 9.84 Å². The molecule has 5 rings (SSSR count). The molecule has 1 aromatic carbocycles. The number of benzene rings is 1. The van der Waals surface area contributed by atoms with Crippen LogP contribution in [0, 0.1) is 5.92 Å². The Bertz CT molecular complexity index is 1500. The molecule has 3 heterocycles. The van der Waals surface area contributed by atoms with Crippen molar-refractivity contribution in [2.24, 2.45) is 5.92 Å². The number of para-hydroxylation sites is 1. The highest BCUT2D eigenvalue weighted by Crippen LogP contribution is 2.39. The molecule has 1 aliphatic rings. The predicted molar refractivity (Wildman–Crippen MR) is 134 cm³/mol. The molecule has 10 heteroatoms. The van der Waals surface area contributed by atoms with Crippen molar-refractivity contribution in [1.82, 2.24) is 24.4 Å². The molecule has 35 heavy (non-hydrogen) atoms. The van der Waals surface area contributed by atoms with Crippen molar-refractivity contribution in [2.75, 3.05) is 17.7 Å². The van der Waals surface area contributed by atoms with E-state index in [-0.39, 0.29) is 29.2 Å². The molecule has 3 aromatic heterocycles. The van der Waals surface area contributed by atoms with E-state index >= 15 is 0 Å². The maximum atomic E-state index is 12.6. The number of anilines is 1. The Morgan fingerprint density at radius 3 is 2.46 bits per heavy atom. The second-order valence-corrected chi connectivity index (χ2v) is 11.6. The van der Waals surface area contributed by atoms with Crippen LogP contribution in [-0.4, -0.2) is 50.6 Å². The summed E-state index contributed by atoms with van der Waals surface area (Å²) in [6.07, 6.45) is 9.73. The fourth-order valence-electron chi connectivity index (χ4n) is 5.11. The number of nitrogens with two attached hydrogens (primary N) is 1. The number of ketones is 1. The number of sulfone groups is 1. The van der Waals surface area contributed by atoms with Gasteiger partial charge in [0.05, 0.1) is 35.1 Å². The first kappa shape index (κ1) is 23.2. The smallest absolute Gasteiger partial charge is 0.165 e. The lowest BCUT2D eigenvalue weighted by molar-refractivity contribution is 0.101. The molecule has 0 bridgehead atoms.